The van der Waals surface area contributed by atoms with E-state index in [4.69, 9.17) is 5.73 Å². The second-order valence-electron chi connectivity index (χ2n) is 5.18. The van der Waals surface area contributed by atoms with Crippen LogP contribution in [0.15, 0.2) is 0 Å². The Balaban J connectivity index is 2.48. The summed E-state index contributed by atoms with van der Waals surface area (Å²) < 4.78 is 0. The molecule has 0 heterocycles. The number of amides is 3. The minimum Gasteiger partial charge on any atom is -0.351 e. The van der Waals surface area contributed by atoms with Gasteiger partial charge in [-0.25, -0.2) is 4.79 Å². The minimum absolute atomic E-state index is 0.210. The Labute approximate surface area is 96.1 Å². The van der Waals surface area contributed by atoms with E-state index < -0.39 is 12.1 Å². The van der Waals surface area contributed by atoms with Crippen LogP contribution < -0.4 is 16.4 Å². The maximum absolute atomic E-state index is 11.5. The zero-order valence-electron chi connectivity index (χ0n) is 10.2. The molecule has 92 valence electrons. The van der Waals surface area contributed by atoms with Crippen LogP contribution in [0.4, 0.5) is 4.79 Å². The van der Waals surface area contributed by atoms with Crippen molar-refractivity contribution in [3.8, 4) is 0 Å². The Bertz CT molecular complexity index is 289. The van der Waals surface area contributed by atoms with Crippen LogP contribution in [0.25, 0.3) is 0 Å². The first kappa shape index (κ1) is 13.0. The predicted octanol–water partition coefficient (Wildman–Crippen LogP) is 0.738. The van der Waals surface area contributed by atoms with Gasteiger partial charge in [-0.15, -0.1) is 0 Å². The lowest BCUT2D eigenvalue weighted by atomic mass is 9.87. The summed E-state index contributed by atoms with van der Waals surface area (Å²) in [5.74, 6) is -0.366. The molecule has 5 heteroatoms. The molecular formula is C11H21N3O2. The molecule has 0 aromatic carbocycles. The third-order valence-corrected chi connectivity index (χ3v) is 3.35. The van der Waals surface area contributed by atoms with Gasteiger partial charge in [-0.1, -0.05) is 20.3 Å². The van der Waals surface area contributed by atoms with Gasteiger partial charge in [-0.3, -0.25) is 10.1 Å². The number of nitrogens with one attached hydrogen (secondary N) is 2. The van der Waals surface area contributed by atoms with Crippen LogP contribution in [0.1, 0.15) is 40.0 Å². The molecule has 3 amide bonds. The number of primary amides is 1. The zero-order valence-corrected chi connectivity index (χ0v) is 10.2. The molecule has 0 radical (unpaired) electrons. The molecule has 5 nitrogen and oxygen atoms in total. The van der Waals surface area contributed by atoms with Gasteiger partial charge in [0.2, 0.25) is 5.91 Å². The third kappa shape index (κ3) is 3.20. The van der Waals surface area contributed by atoms with Crippen molar-refractivity contribution in [1.82, 2.24) is 10.6 Å². The summed E-state index contributed by atoms with van der Waals surface area (Å²) in [4.78, 5) is 22.0. The third-order valence-electron chi connectivity index (χ3n) is 3.35. The summed E-state index contributed by atoms with van der Waals surface area (Å²) >= 11 is 0. The molecule has 1 saturated carbocycles. The second kappa shape index (κ2) is 4.82. The highest BCUT2D eigenvalue weighted by Crippen LogP contribution is 2.37. The van der Waals surface area contributed by atoms with Crippen molar-refractivity contribution in [2.24, 2.45) is 11.1 Å². The standard InChI is InChI=1S/C11H21N3O2/c1-7(9(15)14-10(12)16)13-8-5-4-6-11(8,2)3/h7-8,13H,4-6H2,1-3H3,(H3,12,14,15,16). The molecule has 0 bridgehead atoms. The van der Waals surface area contributed by atoms with Gasteiger partial charge in [-0.05, 0) is 25.2 Å². The molecular weight excluding hydrogens is 206 g/mol. The van der Waals surface area contributed by atoms with Crippen LogP contribution in [-0.2, 0) is 4.79 Å². The predicted molar refractivity (Wildman–Crippen MR) is 61.7 cm³/mol. The largest absolute Gasteiger partial charge is 0.351 e. The molecule has 1 fully saturated rings. The number of hydrogen-bond donors (Lipinski definition) is 3. The van der Waals surface area contributed by atoms with E-state index in [9.17, 15) is 9.59 Å². The SMILES string of the molecule is CC(NC1CCCC1(C)C)C(=O)NC(N)=O. The summed E-state index contributed by atoms with van der Waals surface area (Å²) in [5, 5.41) is 5.34. The van der Waals surface area contributed by atoms with Crippen LogP contribution >= 0.6 is 0 Å². The van der Waals surface area contributed by atoms with Gasteiger partial charge in [0.05, 0.1) is 6.04 Å². The number of hydrogen-bond acceptors (Lipinski definition) is 3. The summed E-state index contributed by atoms with van der Waals surface area (Å²) in [5.41, 5.74) is 5.10. The molecule has 0 saturated heterocycles. The summed E-state index contributed by atoms with van der Waals surface area (Å²) in [6.07, 6.45) is 3.41. The molecule has 4 N–H and O–H groups in total. The summed E-state index contributed by atoms with van der Waals surface area (Å²) in [6, 6.07) is -0.875. The maximum atomic E-state index is 11.5. The van der Waals surface area contributed by atoms with E-state index in [1.54, 1.807) is 6.92 Å². The second-order valence-corrected chi connectivity index (χ2v) is 5.18. The number of urea groups is 1. The molecule has 2 atom stereocenters. The Morgan fingerprint density at radius 3 is 2.50 bits per heavy atom. The van der Waals surface area contributed by atoms with Crippen LogP contribution in [0, 0.1) is 5.41 Å². The molecule has 1 aliphatic rings. The average molecular weight is 227 g/mol. The van der Waals surface area contributed by atoms with Crippen LogP contribution in [-0.4, -0.2) is 24.0 Å². The average Bonchev–Trinajstić information content (AvgIpc) is 2.44. The van der Waals surface area contributed by atoms with E-state index in [0.717, 1.165) is 12.8 Å². The topological polar surface area (TPSA) is 84.2 Å². The van der Waals surface area contributed by atoms with Crippen molar-refractivity contribution in [1.29, 1.82) is 0 Å². The van der Waals surface area contributed by atoms with Gasteiger partial charge in [-0.2, -0.15) is 0 Å². The first-order valence-corrected chi connectivity index (χ1v) is 5.69. The molecule has 0 aliphatic heterocycles. The lowest BCUT2D eigenvalue weighted by Crippen LogP contribution is -2.51. The van der Waals surface area contributed by atoms with E-state index in [0.29, 0.717) is 6.04 Å². The molecule has 2 unspecified atom stereocenters. The number of rotatable bonds is 3. The summed E-state index contributed by atoms with van der Waals surface area (Å²) in [6.45, 7) is 6.12. The van der Waals surface area contributed by atoms with Crippen molar-refractivity contribution in [2.75, 3.05) is 0 Å². The Kier molecular flexibility index (Phi) is 3.91. The molecule has 0 aromatic rings. The van der Waals surface area contributed by atoms with Gasteiger partial charge in [0.25, 0.3) is 0 Å². The van der Waals surface area contributed by atoms with Crippen molar-refractivity contribution in [3.05, 3.63) is 0 Å². The van der Waals surface area contributed by atoms with E-state index in [1.807, 2.05) is 0 Å². The van der Waals surface area contributed by atoms with Gasteiger partial charge in [0, 0.05) is 6.04 Å². The Morgan fingerprint density at radius 1 is 1.44 bits per heavy atom. The van der Waals surface area contributed by atoms with E-state index in [2.05, 4.69) is 24.5 Å². The van der Waals surface area contributed by atoms with E-state index in [-0.39, 0.29) is 11.3 Å². The van der Waals surface area contributed by atoms with Gasteiger partial charge >= 0.3 is 6.03 Å². The Hall–Kier alpha value is -1.10. The number of carbonyl (C=O) groups is 2. The smallest absolute Gasteiger partial charge is 0.318 e. The van der Waals surface area contributed by atoms with E-state index >= 15 is 0 Å². The monoisotopic (exact) mass is 227 g/mol. The zero-order chi connectivity index (χ0) is 12.3. The highest BCUT2D eigenvalue weighted by Gasteiger charge is 2.35. The number of carbonyl (C=O) groups excluding carboxylic acids is 2. The molecule has 1 rings (SSSR count). The number of nitrogens with two attached hydrogens (primary N) is 1. The molecule has 1 aliphatic carbocycles. The number of imide groups is 1. The quantitative estimate of drug-likeness (QED) is 0.664. The van der Waals surface area contributed by atoms with Gasteiger partial charge in [0.1, 0.15) is 0 Å². The highest BCUT2D eigenvalue weighted by molar-refractivity contribution is 5.96. The highest BCUT2D eigenvalue weighted by atomic mass is 16.2. The van der Waals surface area contributed by atoms with Crippen molar-refractivity contribution in [2.45, 2.75) is 52.1 Å². The van der Waals surface area contributed by atoms with Crippen LogP contribution in [0.3, 0.4) is 0 Å². The molecule has 0 aromatic heterocycles. The minimum atomic E-state index is -0.802. The lowest BCUT2D eigenvalue weighted by molar-refractivity contribution is -0.121. The van der Waals surface area contributed by atoms with Crippen LogP contribution in [0.5, 0.6) is 0 Å². The maximum Gasteiger partial charge on any atom is 0.318 e. The fourth-order valence-corrected chi connectivity index (χ4v) is 2.24. The first-order valence-electron chi connectivity index (χ1n) is 5.69. The fraction of sp³-hybridized carbons (Fsp3) is 0.818. The van der Waals surface area contributed by atoms with Crippen molar-refractivity contribution >= 4 is 11.9 Å². The molecule has 0 spiro atoms. The van der Waals surface area contributed by atoms with E-state index in [1.165, 1.54) is 6.42 Å². The summed E-state index contributed by atoms with van der Waals surface area (Å²) in [7, 11) is 0. The van der Waals surface area contributed by atoms with Crippen LogP contribution in [0.2, 0.25) is 0 Å². The van der Waals surface area contributed by atoms with Crippen molar-refractivity contribution in [3.63, 3.8) is 0 Å². The molecule has 16 heavy (non-hydrogen) atoms. The lowest BCUT2D eigenvalue weighted by Gasteiger charge is -2.30. The fourth-order valence-electron chi connectivity index (χ4n) is 2.24. The normalized spacial score (nSPS) is 25.1. The van der Waals surface area contributed by atoms with Gasteiger partial charge < -0.3 is 11.1 Å². The van der Waals surface area contributed by atoms with Gasteiger partial charge in [0.15, 0.2) is 0 Å². The Morgan fingerprint density at radius 2 is 2.06 bits per heavy atom. The van der Waals surface area contributed by atoms with Crippen molar-refractivity contribution < 1.29 is 9.59 Å². The first-order chi connectivity index (χ1) is 7.33.